The summed E-state index contributed by atoms with van der Waals surface area (Å²) in [4.78, 5) is 22.1. The second kappa shape index (κ2) is 6.62. The zero-order valence-corrected chi connectivity index (χ0v) is 11.7. The van der Waals surface area contributed by atoms with Gasteiger partial charge < -0.3 is 4.74 Å². The maximum atomic E-state index is 13.2. The number of ketones is 1. The number of hydrogen-bond donors (Lipinski definition) is 0. The minimum Gasteiger partial charge on any atom is -0.496 e. The first-order chi connectivity index (χ1) is 10.5. The van der Waals surface area contributed by atoms with E-state index in [1.807, 2.05) is 0 Å². The SMILES string of the molecule is COc1ccc(F)cc1C(=O)/C=C/c1ccc([N+](=O)[O-])cc1. The van der Waals surface area contributed by atoms with Crippen molar-refractivity contribution in [2.24, 2.45) is 0 Å². The Morgan fingerprint density at radius 2 is 1.91 bits per heavy atom. The molecule has 0 aliphatic rings. The normalized spacial score (nSPS) is 10.6. The number of halogens is 1. The van der Waals surface area contributed by atoms with Crippen LogP contribution in [0.2, 0.25) is 0 Å². The van der Waals surface area contributed by atoms with Crippen LogP contribution in [0.1, 0.15) is 15.9 Å². The van der Waals surface area contributed by atoms with Crippen molar-refractivity contribution < 1.29 is 18.8 Å². The molecule has 0 heterocycles. The number of rotatable bonds is 5. The molecular formula is C16H12FNO4. The molecule has 6 heteroatoms. The van der Waals surface area contributed by atoms with Crippen molar-refractivity contribution in [3.8, 4) is 5.75 Å². The summed E-state index contributed by atoms with van der Waals surface area (Å²) in [6.45, 7) is 0. The zero-order valence-electron chi connectivity index (χ0n) is 11.7. The molecule has 5 nitrogen and oxygen atoms in total. The molecule has 0 bridgehead atoms. The fourth-order valence-corrected chi connectivity index (χ4v) is 1.84. The zero-order chi connectivity index (χ0) is 16.1. The lowest BCUT2D eigenvalue weighted by Gasteiger charge is -2.05. The Morgan fingerprint density at radius 3 is 2.50 bits per heavy atom. The number of carbonyl (C=O) groups excluding carboxylic acids is 1. The number of methoxy groups -OCH3 is 1. The van der Waals surface area contributed by atoms with E-state index in [4.69, 9.17) is 4.74 Å². The lowest BCUT2D eigenvalue weighted by atomic mass is 10.1. The summed E-state index contributed by atoms with van der Waals surface area (Å²) in [5.41, 5.74) is 0.699. The van der Waals surface area contributed by atoms with Crippen LogP contribution < -0.4 is 4.74 Å². The lowest BCUT2D eigenvalue weighted by molar-refractivity contribution is -0.384. The highest BCUT2D eigenvalue weighted by atomic mass is 19.1. The molecule has 0 aliphatic heterocycles. The maximum absolute atomic E-state index is 13.2. The molecule has 0 saturated carbocycles. The fourth-order valence-electron chi connectivity index (χ4n) is 1.84. The van der Waals surface area contributed by atoms with E-state index >= 15 is 0 Å². The van der Waals surface area contributed by atoms with Crippen LogP contribution in [-0.2, 0) is 0 Å². The van der Waals surface area contributed by atoms with E-state index in [1.165, 1.54) is 55.7 Å². The number of hydrogen-bond acceptors (Lipinski definition) is 4. The molecule has 0 amide bonds. The smallest absolute Gasteiger partial charge is 0.269 e. The predicted molar refractivity (Wildman–Crippen MR) is 79.4 cm³/mol. The molecule has 0 aromatic heterocycles. The molecule has 0 spiro atoms. The van der Waals surface area contributed by atoms with Gasteiger partial charge in [-0.2, -0.15) is 0 Å². The summed E-state index contributed by atoms with van der Waals surface area (Å²) in [6, 6.07) is 9.40. The topological polar surface area (TPSA) is 69.4 Å². The van der Waals surface area contributed by atoms with Crippen molar-refractivity contribution in [2.45, 2.75) is 0 Å². The Labute approximate surface area is 125 Å². The van der Waals surface area contributed by atoms with Gasteiger partial charge in [-0.25, -0.2) is 4.39 Å². The van der Waals surface area contributed by atoms with E-state index in [0.717, 1.165) is 6.07 Å². The quantitative estimate of drug-likeness (QED) is 0.366. The van der Waals surface area contributed by atoms with E-state index < -0.39 is 16.5 Å². The molecule has 2 aromatic carbocycles. The molecule has 2 rings (SSSR count). The van der Waals surface area contributed by atoms with Gasteiger partial charge in [0.25, 0.3) is 5.69 Å². The van der Waals surface area contributed by atoms with Crippen molar-refractivity contribution >= 4 is 17.5 Å². The van der Waals surface area contributed by atoms with E-state index in [-0.39, 0.29) is 17.0 Å². The van der Waals surface area contributed by atoms with Crippen LogP contribution in [-0.4, -0.2) is 17.8 Å². The van der Waals surface area contributed by atoms with Gasteiger partial charge in [-0.15, -0.1) is 0 Å². The Kier molecular flexibility index (Phi) is 4.63. The minimum atomic E-state index is -0.534. The number of carbonyl (C=O) groups is 1. The van der Waals surface area contributed by atoms with E-state index in [2.05, 4.69) is 0 Å². The Morgan fingerprint density at radius 1 is 1.23 bits per heavy atom. The van der Waals surface area contributed by atoms with Crippen LogP contribution in [0.5, 0.6) is 5.75 Å². The molecule has 0 atom stereocenters. The third-order valence-corrected chi connectivity index (χ3v) is 2.96. The van der Waals surface area contributed by atoms with Crippen LogP contribution in [0.15, 0.2) is 48.5 Å². The number of nitrogens with zero attached hydrogens (tertiary/aromatic N) is 1. The average molecular weight is 301 g/mol. The summed E-state index contributed by atoms with van der Waals surface area (Å²) in [7, 11) is 1.39. The summed E-state index contributed by atoms with van der Waals surface area (Å²) in [5, 5.41) is 10.5. The number of allylic oxidation sites excluding steroid dienone is 1. The number of benzene rings is 2. The van der Waals surface area contributed by atoms with Gasteiger partial charge in [-0.1, -0.05) is 6.08 Å². The largest absolute Gasteiger partial charge is 0.496 e. The highest BCUT2D eigenvalue weighted by Crippen LogP contribution is 2.21. The van der Waals surface area contributed by atoms with Crippen LogP contribution >= 0.6 is 0 Å². The standard InChI is InChI=1S/C16H12FNO4/c1-22-16-9-5-12(17)10-14(16)15(19)8-4-11-2-6-13(7-3-11)18(20)21/h2-10H,1H3/b8-4+. The van der Waals surface area contributed by atoms with E-state index in [0.29, 0.717) is 5.56 Å². The van der Waals surface area contributed by atoms with Gasteiger partial charge in [0, 0.05) is 12.1 Å². The predicted octanol–water partition coefficient (Wildman–Crippen LogP) is 3.64. The fraction of sp³-hybridized carbons (Fsp3) is 0.0625. The van der Waals surface area contributed by atoms with Crippen molar-refractivity contribution in [3.05, 3.63) is 75.6 Å². The van der Waals surface area contributed by atoms with Gasteiger partial charge in [0.15, 0.2) is 5.78 Å². The summed E-state index contributed by atoms with van der Waals surface area (Å²) >= 11 is 0. The van der Waals surface area contributed by atoms with E-state index in [1.54, 1.807) is 0 Å². The van der Waals surface area contributed by atoms with Gasteiger partial charge in [0.05, 0.1) is 17.6 Å². The molecular weight excluding hydrogens is 289 g/mol. The van der Waals surface area contributed by atoms with Gasteiger partial charge in [0.1, 0.15) is 11.6 Å². The van der Waals surface area contributed by atoms with Gasteiger partial charge in [-0.05, 0) is 42.0 Å². The van der Waals surface area contributed by atoms with Crippen molar-refractivity contribution in [1.82, 2.24) is 0 Å². The molecule has 0 saturated heterocycles. The van der Waals surface area contributed by atoms with Crippen LogP contribution in [0, 0.1) is 15.9 Å². The van der Waals surface area contributed by atoms with Gasteiger partial charge in [0.2, 0.25) is 0 Å². The number of nitro benzene ring substituents is 1. The molecule has 0 aliphatic carbocycles. The first-order valence-corrected chi connectivity index (χ1v) is 6.31. The molecule has 2 aromatic rings. The van der Waals surface area contributed by atoms with Crippen molar-refractivity contribution in [1.29, 1.82) is 0 Å². The maximum Gasteiger partial charge on any atom is 0.269 e. The van der Waals surface area contributed by atoms with Crippen LogP contribution in [0.25, 0.3) is 6.08 Å². The molecule has 0 fully saturated rings. The summed E-state index contributed by atoms with van der Waals surface area (Å²) in [5.74, 6) is -0.678. The first-order valence-electron chi connectivity index (χ1n) is 6.31. The molecule has 22 heavy (non-hydrogen) atoms. The average Bonchev–Trinajstić information content (AvgIpc) is 2.53. The minimum absolute atomic E-state index is 0.0322. The molecule has 0 radical (unpaired) electrons. The Hall–Kier alpha value is -3.02. The summed E-state index contributed by atoms with van der Waals surface area (Å²) < 4.78 is 18.3. The van der Waals surface area contributed by atoms with Crippen LogP contribution in [0.3, 0.4) is 0 Å². The van der Waals surface area contributed by atoms with Gasteiger partial charge in [-0.3, -0.25) is 14.9 Å². The first kappa shape index (κ1) is 15.4. The third-order valence-electron chi connectivity index (χ3n) is 2.96. The number of ether oxygens (including phenoxy) is 1. The van der Waals surface area contributed by atoms with Crippen molar-refractivity contribution in [3.63, 3.8) is 0 Å². The highest BCUT2D eigenvalue weighted by Gasteiger charge is 2.11. The van der Waals surface area contributed by atoms with E-state index in [9.17, 15) is 19.3 Å². The summed E-state index contributed by atoms with van der Waals surface area (Å²) in [6.07, 6.45) is 2.76. The molecule has 0 unspecified atom stereocenters. The van der Waals surface area contributed by atoms with Crippen LogP contribution in [0.4, 0.5) is 10.1 Å². The number of non-ortho nitro benzene ring substituents is 1. The second-order valence-corrected chi connectivity index (χ2v) is 4.39. The Bertz CT molecular complexity index is 738. The van der Waals surface area contributed by atoms with Gasteiger partial charge >= 0.3 is 0 Å². The highest BCUT2D eigenvalue weighted by molar-refractivity contribution is 6.08. The molecule has 112 valence electrons. The molecule has 0 N–H and O–H groups in total. The Balaban J connectivity index is 2.21. The number of nitro groups is 1. The second-order valence-electron chi connectivity index (χ2n) is 4.39. The van der Waals surface area contributed by atoms with Crippen molar-refractivity contribution in [2.75, 3.05) is 7.11 Å². The third kappa shape index (κ3) is 3.54. The monoisotopic (exact) mass is 301 g/mol. The lowest BCUT2D eigenvalue weighted by Crippen LogP contribution is -1.99.